The van der Waals surface area contributed by atoms with E-state index in [2.05, 4.69) is 34.5 Å². The van der Waals surface area contributed by atoms with E-state index in [1.54, 1.807) is 11.8 Å². The van der Waals surface area contributed by atoms with Crippen molar-refractivity contribution in [3.05, 3.63) is 59.7 Å². The van der Waals surface area contributed by atoms with E-state index in [4.69, 9.17) is 9.47 Å². The van der Waals surface area contributed by atoms with E-state index in [-0.39, 0.29) is 5.91 Å². The molecule has 0 aromatic heterocycles. The Balaban J connectivity index is 1.29. The van der Waals surface area contributed by atoms with Crippen LogP contribution in [0.3, 0.4) is 0 Å². The van der Waals surface area contributed by atoms with Gasteiger partial charge in [0.1, 0.15) is 13.2 Å². The lowest BCUT2D eigenvalue weighted by molar-refractivity contribution is -0.118. The lowest BCUT2D eigenvalue weighted by Gasteiger charge is -2.25. The van der Waals surface area contributed by atoms with Gasteiger partial charge in [-0.15, -0.1) is 11.8 Å². The number of nitrogens with one attached hydrogen (secondary N) is 1. The van der Waals surface area contributed by atoms with E-state index in [1.165, 1.54) is 37.1 Å². The molecule has 0 radical (unpaired) electrons. The minimum Gasteiger partial charge on any atom is -0.486 e. The molecule has 0 bridgehead atoms. The minimum atomic E-state index is 0.120. The number of amides is 1. The molecule has 2 heterocycles. The maximum atomic E-state index is 12.4. The van der Waals surface area contributed by atoms with Crippen LogP contribution in [0.1, 0.15) is 24.0 Å². The molecule has 4 rings (SSSR count). The summed E-state index contributed by atoms with van der Waals surface area (Å²) in [5.74, 6) is 3.52. The summed E-state index contributed by atoms with van der Waals surface area (Å²) in [5.41, 5.74) is 2.49. The Labute approximate surface area is 189 Å². The molecule has 31 heavy (non-hydrogen) atoms. The van der Waals surface area contributed by atoms with Gasteiger partial charge in [-0.3, -0.25) is 4.79 Å². The monoisotopic (exact) mass is 440 g/mol. The number of thioether (sulfide) groups is 1. The molecule has 6 heteroatoms. The summed E-state index contributed by atoms with van der Waals surface area (Å²) >= 11 is 1.67. The number of hydrogen-bond donors (Lipinski definition) is 1. The average Bonchev–Trinajstić information content (AvgIpc) is 3.31. The zero-order chi connectivity index (χ0) is 21.3. The van der Waals surface area contributed by atoms with Crippen LogP contribution in [0.4, 0.5) is 0 Å². The van der Waals surface area contributed by atoms with Gasteiger partial charge < -0.3 is 19.7 Å². The fourth-order valence-electron chi connectivity index (χ4n) is 4.22. The molecule has 0 saturated carbocycles. The molecule has 1 fully saturated rings. The average molecular weight is 441 g/mol. The Bertz CT molecular complexity index is 840. The Kier molecular flexibility index (Phi) is 8.13. The summed E-state index contributed by atoms with van der Waals surface area (Å²) < 4.78 is 11.4. The van der Waals surface area contributed by atoms with Gasteiger partial charge in [-0.1, -0.05) is 36.4 Å². The van der Waals surface area contributed by atoms with Crippen molar-refractivity contribution in [2.24, 2.45) is 5.92 Å². The highest BCUT2D eigenvalue weighted by Gasteiger charge is 2.20. The van der Waals surface area contributed by atoms with Crippen LogP contribution in [0.2, 0.25) is 0 Å². The van der Waals surface area contributed by atoms with Crippen molar-refractivity contribution < 1.29 is 14.3 Å². The van der Waals surface area contributed by atoms with E-state index in [1.807, 2.05) is 24.3 Å². The first-order chi connectivity index (χ1) is 15.3. The minimum absolute atomic E-state index is 0.120. The van der Waals surface area contributed by atoms with Gasteiger partial charge in [0.15, 0.2) is 11.5 Å². The Morgan fingerprint density at radius 1 is 1.00 bits per heavy atom. The third-order valence-corrected chi connectivity index (χ3v) is 6.78. The quantitative estimate of drug-likeness (QED) is 0.610. The zero-order valence-corrected chi connectivity index (χ0v) is 18.9. The van der Waals surface area contributed by atoms with Gasteiger partial charge in [0, 0.05) is 18.8 Å². The number of ether oxygens (including phenoxy) is 2. The maximum absolute atomic E-state index is 12.4. The fourth-order valence-corrected chi connectivity index (χ4v) is 5.04. The van der Waals surface area contributed by atoms with Crippen molar-refractivity contribution in [2.75, 3.05) is 45.1 Å². The summed E-state index contributed by atoms with van der Waals surface area (Å²) in [4.78, 5) is 15.0. The van der Waals surface area contributed by atoms with Crippen molar-refractivity contribution >= 4 is 17.7 Å². The van der Waals surface area contributed by atoms with Crippen molar-refractivity contribution in [1.29, 1.82) is 0 Å². The van der Waals surface area contributed by atoms with Crippen LogP contribution in [-0.2, 0) is 17.0 Å². The number of hydrogen-bond acceptors (Lipinski definition) is 5. The Morgan fingerprint density at radius 2 is 1.77 bits per heavy atom. The topological polar surface area (TPSA) is 50.8 Å². The van der Waals surface area contributed by atoms with Gasteiger partial charge in [-0.05, 0) is 61.5 Å². The molecule has 0 aliphatic carbocycles. The third-order valence-electron chi connectivity index (χ3n) is 5.78. The Hall–Kier alpha value is -2.18. The lowest BCUT2D eigenvalue weighted by atomic mass is 9.98. The van der Waals surface area contributed by atoms with Gasteiger partial charge >= 0.3 is 0 Å². The highest BCUT2D eigenvalue weighted by atomic mass is 32.2. The third kappa shape index (κ3) is 6.91. The van der Waals surface area contributed by atoms with Crippen LogP contribution >= 0.6 is 11.8 Å². The van der Waals surface area contributed by atoms with Crippen molar-refractivity contribution in [3.8, 4) is 11.5 Å². The molecule has 2 aliphatic rings. The molecule has 2 aliphatic heterocycles. The van der Waals surface area contributed by atoms with Gasteiger partial charge in [0.05, 0.1) is 5.75 Å². The van der Waals surface area contributed by atoms with Crippen LogP contribution in [0.15, 0.2) is 48.5 Å². The van der Waals surface area contributed by atoms with Crippen LogP contribution in [0.5, 0.6) is 11.5 Å². The van der Waals surface area contributed by atoms with Gasteiger partial charge in [0.2, 0.25) is 5.91 Å². The van der Waals surface area contributed by atoms with Crippen LogP contribution < -0.4 is 14.8 Å². The second-order valence-corrected chi connectivity index (χ2v) is 9.32. The standard InChI is InChI=1S/C25H32N2O3S/c28-25(19-31-18-20-6-2-1-3-7-20)26-16-22(17-27-10-4-5-11-27)14-21-8-9-23-24(15-21)30-13-12-29-23/h1-3,6-9,15,22H,4-5,10-14,16-19H2,(H,26,28)/t22-/m1/s1. The molecule has 166 valence electrons. The van der Waals surface area contributed by atoms with E-state index >= 15 is 0 Å². The molecular weight excluding hydrogens is 408 g/mol. The molecule has 1 amide bonds. The number of fused-ring (bicyclic) bond motifs is 1. The lowest BCUT2D eigenvalue weighted by Crippen LogP contribution is -2.37. The first-order valence-corrected chi connectivity index (χ1v) is 12.4. The SMILES string of the molecule is O=C(CSCc1ccccc1)NC[C@@H](Cc1ccc2c(c1)OCCO2)CN1CCCC1. The number of carbonyl (C=O) groups excluding carboxylic acids is 1. The maximum Gasteiger partial charge on any atom is 0.230 e. The first-order valence-electron chi connectivity index (χ1n) is 11.3. The predicted octanol–water partition coefficient (Wildman–Crippen LogP) is 3.76. The molecule has 0 unspecified atom stereocenters. The van der Waals surface area contributed by atoms with E-state index in [9.17, 15) is 4.79 Å². The van der Waals surface area contributed by atoms with Gasteiger partial charge in [-0.2, -0.15) is 0 Å². The molecule has 2 aromatic rings. The fraction of sp³-hybridized carbons (Fsp3) is 0.480. The highest BCUT2D eigenvalue weighted by Crippen LogP contribution is 2.31. The number of nitrogens with zero attached hydrogens (tertiary/aromatic N) is 1. The van der Waals surface area contributed by atoms with E-state index in [0.717, 1.165) is 30.2 Å². The van der Waals surface area contributed by atoms with E-state index in [0.29, 0.717) is 31.4 Å². The molecule has 1 N–H and O–H groups in total. The first kappa shape index (κ1) is 22.0. The normalized spacial score (nSPS) is 16.8. The Morgan fingerprint density at radius 3 is 2.58 bits per heavy atom. The molecule has 2 aromatic carbocycles. The zero-order valence-electron chi connectivity index (χ0n) is 18.1. The number of carbonyl (C=O) groups is 1. The molecule has 1 atom stereocenters. The summed E-state index contributed by atoms with van der Waals surface area (Å²) in [6, 6.07) is 16.5. The van der Waals surface area contributed by atoms with Crippen LogP contribution in [0.25, 0.3) is 0 Å². The largest absolute Gasteiger partial charge is 0.486 e. The van der Waals surface area contributed by atoms with Gasteiger partial charge in [-0.25, -0.2) is 0 Å². The second-order valence-electron chi connectivity index (χ2n) is 8.34. The second kappa shape index (κ2) is 11.4. The van der Waals surface area contributed by atoms with Crippen LogP contribution in [-0.4, -0.2) is 56.0 Å². The predicted molar refractivity (Wildman–Crippen MR) is 126 cm³/mol. The van der Waals surface area contributed by atoms with Crippen molar-refractivity contribution in [1.82, 2.24) is 10.2 Å². The number of benzene rings is 2. The smallest absolute Gasteiger partial charge is 0.230 e. The van der Waals surface area contributed by atoms with Crippen molar-refractivity contribution in [3.63, 3.8) is 0 Å². The molecular formula is C25H32N2O3S. The van der Waals surface area contributed by atoms with Crippen molar-refractivity contribution in [2.45, 2.75) is 25.0 Å². The summed E-state index contributed by atoms with van der Waals surface area (Å²) in [7, 11) is 0. The van der Waals surface area contributed by atoms with Crippen LogP contribution in [0, 0.1) is 5.92 Å². The number of rotatable bonds is 10. The highest BCUT2D eigenvalue weighted by molar-refractivity contribution is 7.99. The van der Waals surface area contributed by atoms with Gasteiger partial charge in [0.25, 0.3) is 0 Å². The molecule has 1 saturated heterocycles. The summed E-state index contributed by atoms with van der Waals surface area (Å²) in [6.45, 7) is 5.27. The summed E-state index contributed by atoms with van der Waals surface area (Å²) in [5, 5.41) is 3.18. The molecule has 0 spiro atoms. The van der Waals surface area contributed by atoms with E-state index < -0.39 is 0 Å². The number of likely N-dealkylation sites (tertiary alicyclic amines) is 1. The molecule has 5 nitrogen and oxygen atoms in total. The summed E-state index contributed by atoms with van der Waals surface area (Å²) in [6.07, 6.45) is 3.48.